The van der Waals surface area contributed by atoms with Crippen LogP contribution in [0, 0.1) is 18.3 Å². The molecule has 5 heteroatoms. The number of aryl methyl sites for hydroxylation is 1. The van der Waals surface area contributed by atoms with E-state index in [1.165, 1.54) is 0 Å². The third kappa shape index (κ3) is 2.09. The zero-order valence-electron chi connectivity index (χ0n) is 9.95. The topological polar surface area (TPSA) is 54.0 Å². The van der Waals surface area contributed by atoms with Crippen LogP contribution in [0.4, 0.5) is 5.13 Å². The van der Waals surface area contributed by atoms with Gasteiger partial charge in [-0.3, -0.25) is 4.79 Å². The Balaban J connectivity index is 1.61. The largest absolute Gasteiger partial charge is 0.317 e. The predicted octanol–water partition coefficient (Wildman–Crippen LogP) is 1.78. The molecule has 1 aliphatic carbocycles. The highest BCUT2D eigenvalue weighted by molar-refractivity contribution is 7.15. The van der Waals surface area contributed by atoms with E-state index in [9.17, 15) is 4.79 Å². The van der Waals surface area contributed by atoms with Crippen LogP contribution in [0.25, 0.3) is 0 Å². The van der Waals surface area contributed by atoms with Crippen molar-refractivity contribution in [2.24, 2.45) is 11.3 Å². The maximum atomic E-state index is 12.1. The van der Waals surface area contributed by atoms with Crippen molar-refractivity contribution in [2.75, 3.05) is 18.4 Å². The fourth-order valence-corrected chi connectivity index (χ4v) is 3.47. The van der Waals surface area contributed by atoms with Gasteiger partial charge in [0, 0.05) is 17.0 Å². The van der Waals surface area contributed by atoms with Crippen molar-refractivity contribution in [1.82, 2.24) is 10.3 Å². The van der Waals surface area contributed by atoms with E-state index in [0.717, 1.165) is 42.4 Å². The number of amides is 1. The zero-order chi connectivity index (χ0) is 11.9. The number of rotatable bonds is 2. The molecule has 1 amide bonds. The van der Waals surface area contributed by atoms with E-state index >= 15 is 0 Å². The van der Waals surface area contributed by atoms with Crippen LogP contribution in [0.5, 0.6) is 0 Å². The number of aromatic nitrogens is 1. The van der Waals surface area contributed by atoms with E-state index < -0.39 is 0 Å². The maximum absolute atomic E-state index is 12.1. The molecule has 2 fully saturated rings. The van der Waals surface area contributed by atoms with E-state index in [0.29, 0.717) is 5.41 Å². The molecule has 0 radical (unpaired) electrons. The monoisotopic (exact) mass is 251 g/mol. The molecule has 1 spiro atoms. The lowest BCUT2D eigenvalue weighted by atomic mass is 9.92. The molecule has 1 aromatic rings. The minimum atomic E-state index is 0.168. The van der Waals surface area contributed by atoms with Gasteiger partial charge in [-0.2, -0.15) is 0 Å². The van der Waals surface area contributed by atoms with Crippen LogP contribution >= 0.6 is 11.3 Å². The lowest BCUT2D eigenvalue weighted by molar-refractivity contribution is -0.118. The smallest absolute Gasteiger partial charge is 0.229 e. The first-order valence-electron chi connectivity index (χ1n) is 6.14. The van der Waals surface area contributed by atoms with Gasteiger partial charge >= 0.3 is 0 Å². The summed E-state index contributed by atoms with van der Waals surface area (Å²) in [5.41, 5.74) is 0.307. The van der Waals surface area contributed by atoms with E-state index in [1.807, 2.05) is 6.92 Å². The first kappa shape index (κ1) is 11.2. The Morgan fingerprint density at radius 1 is 1.59 bits per heavy atom. The molecule has 3 rings (SSSR count). The fraction of sp³-hybridized carbons (Fsp3) is 0.667. The number of piperidine rings is 1. The molecule has 4 nitrogen and oxygen atoms in total. The van der Waals surface area contributed by atoms with Crippen molar-refractivity contribution in [3.63, 3.8) is 0 Å². The first-order valence-corrected chi connectivity index (χ1v) is 6.95. The van der Waals surface area contributed by atoms with Gasteiger partial charge in [0.2, 0.25) is 5.91 Å². The van der Waals surface area contributed by atoms with Crippen molar-refractivity contribution >= 4 is 22.4 Å². The van der Waals surface area contributed by atoms with E-state index in [2.05, 4.69) is 15.6 Å². The number of carbonyl (C=O) groups is 1. The maximum Gasteiger partial charge on any atom is 0.229 e. The predicted molar refractivity (Wildman–Crippen MR) is 68.1 cm³/mol. The Labute approximate surface area is 105 Å². The van der Waals surface area contributed by atoms with Crippen LogP contribution in [0.1, 0.15) is 24.1 Å². The van der Waals surface area contributed by atoms with Crippen LogP contribution in [0.15, 0.2) is 6.20 Å². The van der Waals surface area contributed by atoms with Gasteiger partial charge in [0.1, 0.15) is 0 Å². The normalized spacial score (nSPS) is 25.8. The highest BCUT2D eigenvalue weighted by Crippen LogP contribution is 2.58. The van der Waals surface area contributed by atoms with Gasteiger partial charge in [0.15, 0.2) is 5.13 Å². The number of nitrogens with zero attached hydrogens (tertiary/aromatic N) is 1. The highest BCUT2D eigenvalue weighted by Gasteiger charge is 2.57. The third-order valence-corrected chi connectivity index (χ3v) is 4.79. The molecule has 2 aliphatic rings. The van der Waals surface area contributed by atoms with Crippen LogP contribution in [-0.4, -0.2) is 24.0 Å². The van der Waals surface area contributed by atoms with Crippen molar-refractivity contribution < 1.29 is 4.79 Å². The molecule has 92 valence electrons. The number of carbonyl (C=O) groups excluding carboxylic acids is 1. The SMILES string of the molecule is Cc1cnc(NC(=O)C2CC23CCNCC3)s1. The molecule has 1 aliphatic heterocycles. The first-order chi connectivity index (χ1) is 8.20. The minimum absolute atomic E-state index is 0.168. The number of anilines is 1. The molecule has 1 aromatic heterocycles. The third-order valence-electron chi connectivity index (χ3n) is 3.96. The molecule has 1 unspecified atom stereocenters. The number of hydrogen-bond acceptors (Lipinski definition) is 4. The molecule has 1 saturated carbocycles. The second-order valence-electron chi connectivity index (χ2n) is 5.13. The summed E-state index contributed by atoms with van der Waals surface area (Å²) in [6, 6.07) is 0. The van der Waals surface area contributed by atoms with Crippen molar-refractivity contribution in [1.29, 1.82) is 0 Å². The van der Waals surface area contributed by atoms with Gasteiger partial charge in [-0.15, -0.1) is 11.3 Å². The minimum Gasteiger partial charge on any atom is -0.317 e. The van der Waals surface area contributed by atoms with Crippen molar-refractivity contribution in [3.8, 4) is 0 Å². The molecular formula is C12H17N3OS. The molecule has 0 aromatic carbocycles. The molecule has 2 heterocycles. The van der Waals surface area contributed by atoms with Gasteiger partial charge in [-0.1, -0.05) is 0 Å². The highest BCUT2D eigenvalue weighted by atomic mass is 32.1. The van der Waals surface area contributed by atoms with E-state index in [1.54, 1.807) is 17.5 Å². The second kappa shape index (κ2) is 4.07. The summed E-state index contributed by atoms with van der Waals surface area (Å²) in [6.45, 7) is 4.11. The average Bonchev–Trinajstić information content (AvgIpc) is 2.85. The van der Waals surface area contributed by atoms with Crippen LogP contribution in [-0.2, 0) is 4.79 Å². The van der Waals surface area contributed by atoms with Crippen LogP contribution in [0.2, 0.25) is 0 Å². The Morgan fingerprint density at radius 2 is 2.35 bits per heavy atom. The molecule has 1 atom stereocenters. The van der Waals surface area contributed by atoms with Crippen LogP contribution in [0.3, 0.4) is 0 Å². The van der Waals surface area contributed by atoms with Gasteiger partial charge in [0.05, 0.1) is 0 Å². The second-order valence-corrected chi connectivity index (χ2v) is 6.37. The Hall–Kier alpha value is -0.940. The summed E-state index contributed by atoms with van der Waals surface area (Å²) >= 11 is 1.54. The van der Waals surface area contributed by atoms with Gasteiger partial charge in [-0.25, -0.2) is 4.98 Å². The van der Waals surface area contributed by atoms with Gasteiger partial charge in [0.25, 0.3) is 0 Å². The van der Waals surface area contributed by atoms with Crippen molar-refractivity contribution in [2.45, 2.75) is 26.2 Å². The number of thiazole rings is 1. The quantitative estimate of drug-likeness (QED) is 0.842. The lowest BCUT2D eigenvalue weighted by Crippen LogP contribution is -2.31. The summed E-state index contributed by atoms with van der Waals surface area (Å²) in [7, 11) is 0. The summed E-state index contributed by atoms with van der Waals surface area (Å²) in [4.78, 5) is 17.4. The zero-order valence-corrected chi connectivity index (χ0v) is 10.8. The fourth-order valence-electron chi connectivity index (χ4n) is 2.80. The Morgan fingerprint density at radius 3 is 3.00 bits per heavy atom. The molecular weight excluding hydrogens is 234 g/mol. The summed E-state index contributed by atoms with van der Waals surface area (Å²) < 4.78 is 0. The number of nitrogens with one attached hydrogen (secondary N) is 2. The summed E-state index contributed by atoms with van der Waals surface area (Å²) in [5, 5.41) is 7.03. The Kier molecular flexibility index (Phi) is 2.67. The molecule has 2 N–H and O–H groups in total. The van der Waals surface area contributed by atoms with Gasteiger partial charge < -0.3 is 10.6 Å². The average molecular weight is 251 g/mol. The van der Waals surface area contributed by atoms with E-state index in [-0.39, 0.29) is 11.8 Å². The molecule has 0 bridgehead atoms. The lowest BCUT2D eigenvalue weighted by Gasteiger charge is -2.22. The summed E-state index contributed by atoms with van der Waals surface area (Å²) in [6.07, 6.45) is 5.14. The standard InChI is InChI=1S/C12H17N3OS/c1-8-7-14-11(17-8)15-10(16)9-6-12(9)2-4-13-5-3-12/h7,9,13H,2-6H2,1H3,(H,14,15,16). The van der Waals surface area contributed by atoms with Gasteiger partial charge in [-0.05, 0) is 44.7 Å². The van der Waals surface area contributed by atoms with Crippen LogP contribution < -0.4 is 10.6 Å². The van der Waals surface area contributed by atoms with Crippen molar-refractivity contribution in [3.05, 3.63) is 11.1 Å². The summed E-state index contributed by atoms with van der Waals surface area (Å²) in [5.74, 6) is 0.384. The Bertz CT molecular complexity index is 437. The molecule has 1 saturated heterocycles. The van der Waals surface area contributed by atoms with E-state index in [4.69, 9.17) is 0 Å². The number of hydrogen-bond donors (Lipinski definition) is 2. The molecule has 17 heavy (non-hydrogen) atoms.